The van der Waals surface area contributed by atoms with Crippen LogP contribution in [0.4, 0.5) is 0 Å². The molecule has 0 unspecified atom stereocenters. The molecule has 5 rings (SSSR count). The molecule has 152 valence electrons. The molecule has 0 spiro atoms. The maximum Gasteiger partial charge on any atom is 0.359 e. The predicted octanol–water partition coefficient (Wildman–Crippen LogP) is 3.55. The molecule has 0 radical (unpaired) electrons. The third-order valence-corrected chi connectivity index (χ3v) is 5.22. The summed E-state index contributed by atoms with van der Waals surface area (Å²) in [4.78, 5) is 37.2. The van der Waals surface area contributed by atoms with Gasteiger partial charge < -0.3 is 9.15 Å². The molecule has 0 aliphatic carbocycles. The lowest BCUT2D eigenvalue weighted by molar-refractivity contribution is 0.0467. The Labute approximate surface area is 175 Å². The van der Waals surface area contributed by atoms with Gasteiger partial charge in [-0.15, -0.1) is 0 Å². The summed E-state index contributed by atoms with van der Waals surface area (Å²) in [5.41, 5.74) is 0.160. The number of rotatable bonds is 3. The van der Waals surface area contributed by atoms with Crippen molar-refractivity contribution in [3.63, 3.8) is 0 Å². The number of carbonyl (C=O) groups excluding carboxylic acids is 1. The van der Waals surface area contributed by atoms with Crippen LogP contribution in [-0.2, 0) is 18.4 Å². The van der Waals surface area contributed by atoms with Gasteiger partial charge in [0.1, 0.15) is 12.2 Å². The van der Waals surface area contributed by atoms with Crippen molar-refractivity contribution in [2.45, 2.75) is 6.61 Å². The van der Waals surface area contributed by atoms with Crippen molar-refractivity contribution in [3.8, 4) is 0 Å². The van der Waals surface area contributed by atoms with E-state index in [1.807, 2.05) is 30.3 Å². The minimum Gasteiger partial charge on any atom is -0.456 e. The van der Waals surface area contributed by atoms with E-state index in [4.69, 9.17) is 9.15 Å². The van der Waals surface area contributed by atoms with E-state index < -0.39 is 11.6 Å². The number of nitrogens with zero attached hydrogens (tertiary/aromatic N) is 2. The number of ether oxygens (including phenoxy) is 1. The molecule has 0 N–H and O–H groups in total. The Morgan fingerprint density at radius 1 is 0.968 bits per heavy atom. The number of aryl methyl sites for hydroxylation is 1. The van der Waals surface area contributed by atoms with Crippen molar-refractivity contribution >= 4 is 38.5 Å². The Morgan fingerprint density at radius 3 is 2.48 bits per heavy atom. The number of esters is 1. The molecule has 0 saturated carbocycles. The van der Waals surface area contributed by atoms with Gasteiger partial charge in [0.05, 0.1) is 5.39 Å². The van der Waals surface area contributed by atoms with E-state index in [-0.39, 0.29) is 17.9 Å². The number of aromatic nitrogens is 2. The first-order valence-electron chi connectivity index (χ1n) is 9.60. The van der Waals surface area contributed by atoms with E-state index in [0.717, 1.165) is 15.5 Å². The third kappa shape index (κ3) is 3.16. The maximum atomic E-state index is 12.9. The van der Waals surface area contributed by atoms with Crippen LogP contribution in [0.3, 0.4) is 0 Å². The molecule has 7 nitrogen and oxygen atoms in total. The Morgan fingerprint density at radius 2 is 1.68 bits per heavy atom. The average molecular weight is 412 g/mol. The molecule has 3 aromatic carbocycles. The summed E-state index contributed by atoms with van der Waals surface area (Å²) in [5.74, 6) is -0.687. The number of fused-ring (bicyclic) bond motifs is 4. The summed E-state index contributed by atoms with van der Waals surface area (Å²) >= 11 is 0. The van der Waals surface area contributed by atoms with Gasteiger partial charge in [0.15, 0.2) is 5.69 Å². The Kier molecular flexibility index (Phi) is 4.36. The SMILES string of the molecule is Cn1nc(C(=O)OCc2cc(=O)oc3ccc4ccccc4c23)c2ccccc2c1=O. The van der Waals surface area contributed by atoms with E-state index in [2.05, 4.69) is 5.10 Å². The highest BCUT2D eigenvalue weighted by Gasteiger charge is 2.18. The summed E-state index contributed by atoms with van der Waals surface area (Å²) < 4.78 is 12.0. The maximum absolute atomic E-state index is 12.9. The first-order valence-corrected chi connectivity index (χ1v) is 9.60. The molecule has 0 atom stereocenters. The van der Waals surface area contributed by atoms with E-state index >= 15 is 0 Å². The summed E-state index contributed by atoms with van der Waals surface area (Å²) in [5, 5.41) is 7.46. The van der Waals surface area contributed by atoms with Crippen LogP contribution in [0.1, 0.15) is 16.1 Å². The molecule has 0 aliphatic rings. The fraction of sp³-hybridized carbons (Fsp3) is 0.0833. The molecule has 5 aromatic rings. The monoisotopic (exact) mass is 412 g/mol. The second-order valence-electron chi connectivity index (χ2n) is 7.15. The van der Waals surface area contributed by atoms with E-state index in [1.54, 1.807) is 30.3 Å². The number of hydrogen-bond donors (Lipinski definition) is 0. The van der Waals surface area contributed by atoms with Crippen molar-refractivity contribution in [1.29, 1.82) is 0 Å². The molecular weight excluding hydrogens is 396 g/mol. The van der Waals surface area contributed by atoms with Crippen LogP contribution >= 0.6 is 0 Å². The highest BCUT2D eigenvalue weighted by atomic mass is 16.5. The second-order valence-corrected chi connectivity index (χ2v) is 7.15. The van der Waals surface area contributed by atoms with E-state index in [9.17, 15) is 14.4 Å². The molecule has 0 bridgehead atoms. The lowest BCUT2D eigenvalue weighted by Gasteiger charge is -2.11. The summed E-state index contributed by atoms with van der Waals surface area (Å²) in [7, 11) is 1.48. The van der Waals surface area contributed by atoms with Gasteiger partial charge in [0.25, 0.3) is 5.56 Å². The minimum absolute atomic E-state index is 0.0369. The van der Waals surface area contributed by atoms with Gasteiger partial charge in [-0.2, -0.15) is 5.10 Å². The summed E-state index contributed by atoms with van der Waals surface area (Å²) in [6, 6.07) is 19.4. The second kappa shape index (κ2) is 7.21. The highest BCUT2D eigenvalue weighted by molar-refractivity contribution is 6.07. The fourth-order valence-electron chi connectivity index (χ4n) is 3.80. The smallest absolute Gasteiger partial charge is 0.359 e. The summed E-state index contributed by atoms with van der Waals surface area (Å²) in [6.45, 7) is -0.145. The first-order chi connectivity index (χ1) is 15.0. The van der Waals surface area contributed by atoms with Crippen LogP contribution in [0.5, 0.6) is 0 Å². The standard InChI is InChI=1S/C24H16N2O5/c1-26-23(28)18-9-5-4-8-17(18)22(25-26)24(29)30-13-15-12-20(27)31-19-11-10-14-6-2-3-7-16(14)21(15)19/h2-12H,13H2,1H3. The molecule has 0 saturated heterocycles. The number of hydrogen-bond acceptors (Lipinski definition) is 6. The zero-order valence-electron chi connectivity index (χ0n) is 16.5. The molecule has 0 fully saturated rings. The molecule has 0 amide bonds. The Hall–Kier alpha value is -4.26. The predicted molar refractivity (Wildman–Crippen MR) is 116 cm³/mol. The van der Waals surface area contributed by atoms with Crippen molar-refractivity contribution in [2.75, 3.05) is 0 Å². The molecule has 2 aromatic heterocycles. The Bertz CT molecular complexity index is 1610. The van der Waals surface area contributed by atoms with Crippen molar-refractivity contribution in [1.82, 2.24) is 9.78 Å². The largest absolute Gasteiger partial charge is 0.456 e. The topological polar surface area (TPSA) is 91.4 Å². The number of benzene rings is 3. The van der Waals surface area contributed by atoms with Gasteiger partial charge in [-0.3, -0.25) is 4.79 Å². The first kappa shape index (κ1) is 18.7. The average Bonchev–Trinajstić information content (AvgIpc) is 2.79. The van der Waals surface area contributed by atoms with Crippen molar-refractivity contribution in [3.05, 3.63) is 98.8 Å². The zero-order valence-corrected chi connectivity index (χ0v) is 16.5. The highest BCUT2D eigenvalue weighted by Crippen LogP contribution is 2.28. The lowest BCUT2D eigenvalue weighted by Crippen LogP contribution is -2.23. The van der Waals surface area contributed by atoms with Gasteiger partial charge >= 0.3 is 11.6 Å². The molecule has 0 aliphatic heterocycles. The van der Waals surface area contributed by atoms with E-state index in [0.29, 0.717) is 27.3 Å². The van der Waals surface area contributed by atoms with Crippen LogP contribution in [0.15, 0.2) is 80.7 Å². The van der Waals surface area contributed by atoms with Crippen LogP contribution in [-0.4, -0.2) is 15.7 Å². The molecule has 2 heterocycles. The molecule has 7 heteroatoms. The van der Waals surface area contributed by atoms with Gasteiger partial charge in [0, 0.05) is 29.4 Å². The van der Waals surface area contributed by atoms with Crippen LogP contribution < -0.4 is 11.2 Å². The van der Waals surface area contributed by atoms with Crippen LogP contribution in [0.25, 0.3) is 32.5 Å². The molecule has 31 heavy (non-hydrogen) atoms. The van der Waals surface area contributed by atoms with Gasteiger partial charge in [-0.25, -0.2) is 14.3 Å². The van der Waals surface area contributed by atoms with Gasteiger partial charge in [-0.1, -0.05) is 48.5 Å². The molecular formula is C24H16N2O5. The van der Waals surface area contributed by atoms with Gasteiger partial charge in [0.2, 0.25) is 0 Å². The Balaban J connectivity index is 1.58. The quantitative estimate of drug-likeness (QED) is 0.256. The summed E-state index contributed by atoms with van der Waals surface area (Å²) in [6.07, 6.45) is 0. The number of carbonyl (C=O) groups is 1. The van der Waals surface area contributed by atoms with Crippen LogP contribution in [0.2, 0.25) is 0 Å². The van der Waals surface area contributed by atoms with Crippen LogP contribution in [0, 0.1) is 0 Å². The fourth-order valence-corrected chi connectivity index (χ4v) is 3.80. The van der Waals surface area contributed by atoms with Crippen molar-refractivity contribution in [2.24, 2.45) is 7.05 Å². The lowest BCUT2D eigenvalue weighted by atomic mass is 10.0. The zero-order chi connectivity index (χ0) is 21.5. The van der Waals surface area contributed by atoms with Crippen molar-refractivity contribution < 1.29 is 13.9 Å². The van der Waals surface area contributed by atoms with E-state index in [1.165, 1.54) is 13.1 Å². The normalized spacial score (nSPS) is 11.3. The third-order valence-electron chi connectivity index (χ3n) is 5.22. The van der Waals surface area contributed by atoms with Gasteiger partial charge in [-0.05, 0) is 22.9 Å². The minimum atomic E-state index is -0.687.